The van der Waals surface area contributed by atoms with Gasteiger partial charge in [-0.2, -0.15) is 5.26 Å². The Morgan fingerprint density at radius 1 is 1.10 bits per heavy atom. The Labute approximate surface area is 124 Å². The Morgan fingerprint density at radius 2 is 1.80 bits per heavy atom. The molecule has 0 radical (unpaired) electrons. The number of hydrogen-bond acceptors (Lipinski definition) is 2. The molecule has 2 nitrogen and oxygen atoms in total. The molecule has 0 N–H and O–H groups in total. The van der Waals surface area contributed by atoms with Crippen molar-refractivity contribution in [2.24, 2.45) is 0 Å². The molecule has 3 heteroatoms. The lowest BCUT2D eigenvalue weighted by Gasteiger charge is -2.22. The SMILES string of the molecule is CC(C)(C)c1ccccc1Oc1ccc(C#N)c(Cl)c1. The van der Waals surface area contributed by atoms with Crippen LogP contribution in [0.1, 0.15) is 31.9 Å². The smallest absolute Gasteiger partial charge is 0.131 e. The summed E-state index contributed by atoms with van der Waals surface area (Å²) in [4.78, 5) is 0. The largest absolute Gasteiger partial charge is 0.457 e. The topological polar surface area (TPSA) is 33.0 Å². The van der Waals surface area contributed by atoms with Gasteiger partial charge in [-0.25, -0.2) is 0 Å². The fourth-order valence-corrected chi connectivity index (χ4v) is 2.16. The normalized spacial score (nSPS) is 10.9. The minimum Gasteiger partial charge on any atom is -0.457 e. The first-order valence-corrected chi connectivity index (χ1v) is 6.76. The number of halogens is 1. The summed E-state index contributed by atoms with van der Waals surface area (Å²) in [7, 11) is 0. The number of benzene rings is 2. The van der Waals surface area contributed by atoms with E-state index in [2.05, 4.69) is 26.8 Å². The molecule has 0 aromatic heterocycles. The summed E-state index contributed by atoms with van der Waals surface area (Å²) in [6.07, 6.45) is 0. The summed E-state index contributed by atoms with van der Waals surface area (Å²) in [6, 6.07) is 15.1. The van der Waals surface area contributed by atoms with Gasteiger partial charge in [-0.15, -0.1) is 0 Å². The van der Waals surface area contributed by atoms with Gasteiger partial charge in [0.25, 0.3) is 0 Å². The Balaban J connectivity index is 2.36. The van der Waals surface area contributed by atoms with E-state index in [1.54, 1.807) is 18.2 Å². The molecule has 102 valence electrons. The Kier molecular flexibility index (Phi) is 4.01. The minimum atomic E-state index is -0.00696. The lowest BCUT2D eigenvalue weighted by Crippen LogP contribution is -2.12. The molecule has 0 unspecified atom stereocenters. The second-order valence-corrected chi connectivity index (χ2v) is 6.01. The van der Waals surface area contributed by atoms with Crippen molar-refractivity contribution < 1.29 is 4.74 Å². The van der Waals surface area contributed by atoms with E-state index in [-0.39, 0.29) is 5.41 Å². The number of para-hydroxylation sites is 1. The fraction of sp³-hybridized carbons (Fsp3) is 0.235. The molecule has 20 heavy (non-hydrogen) atoms. The van der Waals surface area contributed by atoms with Gasteiger partial charge in [0.05, 0.1) is 10.6 Å². The molecular weight excluding hydrogens is 270 g/mol. The molecule has 0 spiro atoms. The first-order valence-electron chi connectivity index (χ1n) is 6.39. The molecule has 0 atom stereocenters. The highest BCUT2D eigenvalue weighted by Crippen LogP contribution is 2.34. The van der Waals surface area contributed by atoms with Crippen LogP contribution in [0.5, 0.6) is 11.5 Å². The number of rotatable bonds is 2. The highest BCUT2D eigenvalue weighted by molar-refractivity contribution is 6.31. The Morgan fingerprint density at radius 3 is 2.40 bits per heavy atom. The number of nitrogens with zero attached hydrogens (tertiary/aromatic N) is 1. The molecule has 0 saturated heterocycles. The molecule has 0 saturated carbocycles. The highest BCUT2D eigenvalue weighted by Gasteiger charge is 2.18. The minimum absolute atomic E-state index is 0.00696. The van der Waals surface area contributed by atoms with Gasteiger partial charge in [0, 0.05) is 11.6 Å². The van der Waals surface area contributed by atoms with Crippen molar-refractivity contribution in [3.8, 4) is 17.6 Å². The number of hydrogen-bond donors (Lipinski definition) is 0. The molecule has 0 fully saturated rings. The molecule has 0 heterocycles. The molecule has 0 aliphatic carbocycles. The molecule has 0 aliphatic heterocycles. The molecule has 0 aliphatic rings. The fourth-order valence-electron chi connectivity index (χ4n) is 1.95. The second-order valence-electron chi connectivity index (χ2n) is 5.60. The Hall–Kier alpha value is -1.98. The van der Waals surface area contributed by atoms with Crippen molar-refractivity contribution in [3.05, 3.63) is 58.6 Å². The Bertz CT molecular complexity index is 665. The van der Waals surface area contributed by atoms with Crippen molar-refractivity contribution in [1.82, 2.24) is 0 Å². The maximum absolute atomic E-state index is 8.87. The second kappa shape index (κ2) is 5.56. The van der Waals surface area contributed by atoms with Crippen LogP contribution in [0.4, 0.5) is 0 Å². The van der Waals surface area contributed by atoms with Crippen molar-refractivity contribution in [1.29, 1.82) is 5.26 Å². The molecule has 2 rings (SSSR count). The summed E-state index contributed by atoms with van der Waals surface area (Å²) in [5, 5.41) is 9.28. The molecule has 2 aromatic rings. The third kappa shape index (κ3) is 3.12. The van der Waals surface area contributed by atoms with Crippen molar-refractivity contribution >= 4 is 11.6 Å². The quantitative estimate of drug-likeness (QED) is 0.750. The third-order valence-corrected chi connectivity index (χ3v) is 3.30. The van der Waals surface area contributed by atoms with E-state index in [0.717, 1.165) is 11.3 Å². The maximum atomic E-state index is 8.87. The van der Waals surface area contributed by atoms with Gasteiger partial charge in [0.1, 0.15) is 17.6 Å². The van der Waals surface area contributed by atoms with Crippen LogP contribution in [0.15, 0.2) is 42.5 Å². The van der Waals surface area contributed by atoms with Crippen molar-refractivity contribution in [2.75, 3.05) is 0 Å². The van der Waals surface area contributed by atoms with Gasteiger partial charge < -0.3 is 4.74 Å². The summed E-state index contributed by atoms with van der Waals surface area (Å²) in [5.74, 6) is 1.44. The van der Waals surface area contributed by atoms with Crippen molar-refractivity contribution in [2.45, 2.75) is 26.2 Å². The van der Waals surface area contributed by atoms with Gasteiger partial charge in [0.15, 0.2) is 0 Å². The number of nitriles is 1. The zero-order valence-corrected chi connectivity index (χ0v) is 12.5. The first-order chi connectivity index (χ1) is 9.41. The van der Waals surface area contributed by atoms with Gasteiger partial charge in [-0.05, 0) is 23.6 Å². The van der Waals surface area contributed by atoms with Crippen LogP contribution >= 0.6 is 11.6 Å². The standard InChI is InChI=1S/C17H16ClNO/c1-17(2,3)14-6-4-5-7-16(14)20-13-9-8-12(11-19)15(18)10-13/h4-10H,1-3H3. The lowest BCUT2D eigenvalue weighted by atomic mass is 9.86. The van der Waals surface area contributed by atoms with Crippen LogP contribution in [0.25, 0.3) is 0 Å². The van der Waals surface area contributed by atoms with Crippen LogP contribution in [0.3, 0.4) is 0 Å². The first kappa shape index (κ1) is 14.4. The molecule has 2 aromatic carbocycles. The van der Waals surface area contributed by atoms with Crippen LogP contribution < -0.4 is 4.74 Å². The van der Waals surface area contributed by atoms with E-state index < -0.39 is 0 Å². The van der Waals surface area contributed by atoms with E-state index in [4.69, 9.17) is 21.6 Å². The predicted octanol–water partition coefficient (Wildman–Crippen LogP) is 5.30. The molecule has 0 bridgehead atoms. The number of ether oxygens (including phenoxy) is 1. The molecular formula is C17H16ClNO. The average Bonchev–Trinajstić information content (AvgIpc) is 2.38. The highest BCUT2D eigenvalue weighted by atomic mass is 35.5. The summed E-state index contributed by atoms with van der Waals surface area (Å²) >= 11 is 6.02. The van der Waals surface area contributed by atoms with E-state index >= 15 is 0 Å². The summed E-state index contributed by atoms with van der Waals surface area (Å²) < 4.78 is 5.92. The zero-order valence-electron chi connectivity index (χ0n) is 11.8. The van der Waals surface area contributed by atoms with Gasteiger partial charge in [-0.3, -0.25) is 0 Å². The molecule has 0 amide bonds. The third-order valence-electron chi connectivity index (χ3n) is 2.98. The summed E-state index contributed by atoms with van der Waals surface area (Å²) in [6.45, 7) is 6.42. The van der Waals surface area contributed by atoms with Crippen LogP contribution in [0.2, 0.25) is 5.02 Å². The van der Waals surface area contributed by atoms with Crippen molar-refractivity contribution in [3.63, 3.8) is 0 Å². The van der Waals surface area contributed by atoms with Gasteiger partial charge >= 0.3 is 0 Å². The van der Waals surface area contributed by atoms with Crippen LogP contribution in [-0.2, 0) is 5.41 Å². The van der Waals surface area contributed by atoms with Gasteiger partial charge in [-0.1, -0.05) is 50.6 Å². The van der Waals surface area contributed by atoms with Gasteiger partial charge in [0.2, 0.25) is 0 Å². The van der Waals surface area contributed by atoms with E-state index in [1.165, 1.54) is 0 Å². The van der Waals surface area contributed by atoms with E-state index in [0.29, 0.717) is 16.3 Å². The van der Waals surface area contributed by atoms with Crippen LogP contribution in [-0.4, -0.2) is 0 Å². The lowest BCUT2D eigenvalue weighted by molar-refractivity contribution is 0.455. The predicted molar refractivity (Wildman–Crippen MR) is 81.4 cm³/mol. The monoisotopic (exact) mass is 285 g/mol. The van der Waals surface area contributed by atoms with E-state index in [9.17, 15) is 0 Å². The van der Waals surface area contributed by atoms with Crippen LogP contribution in [0, 0.1) is 11.3 Å². The zero-order chi connectivity index (χ0) is 14.8. The maximum Gasteiger partial charge on any atom is 0.131 e. The average molecular weight is 286 g/mol. The van der Waals surface area contributed by atoms with E-state index in [1.807, 2.05) is 24.3 Å². The summed E-state index contributed by atoms with van der Waals surface area (Å²) in [5.41, 5.74) is 1.57.